The minimum atomic E-state index is -3.54. The van der Waals surface area contributed by atoms with Crippen LogP contribution in [0.15, 0.2) is 46.7 Å². The van der Waals surface area contributed by atoms with E-state index in [1.165, 1.54) is 0 Å². The third-order valence-electron chi connectivity index (χ3n) is 6.32. The van der Waals surface area contributed by atoms with Gasteiger partial charge in [-0.25, -0.2) is 13.2 Å². The zero-order valence-electron chi connectivity index (χ0n) is 19.8. The van der Waals surface area contributed by atoms with Gasteiger partial charge in [0.05, 0.1) is 11.5 Å². The maximum Gasteiger partial charge on any atom is 0.322 e. The molecule has 2 fully saturated rings. The fourth-order valence-corrected chi connectivity index (χ4v) is 7.20. The second kappa shape index (κ2) is 11.9. The summed E-state index contributed by atoms with van der Waals surface area (Å²) in [6, 6.07) is 12.5. The predicted octanol–water partition coefficient (Wildman–Crippen LogP) is 3.49. The summed E-state index contributed by atoms with van der Waals surface area (Å²) >= 11 is 1.09. The number of sulfonamides is 1. The summed E-state index contributed by atoms with van der Waals surface area (Å²) in [5.74, 6) is -0.00210. The molecule has 9 nitrogen and oxygen atoms in total. The molecule has 0 atom stereocenters. The van der Waals surface area contributed by atoms with Crippen molar-refractivity contribution in [2.24, 2.45) is 0 Å². The van der Waals surface area contributed by atoms with E-state index in [1.807, 2.05) is 30.3 Å². The molecule has 0 aliphatic carbocycles. The molecular formula is C24H33N5O4S2. The first kappa shape index (κ1) is 25.5. The van der Waals surface area contributed by atoms with Crippen LogP contribution in [-0.2, 0) is 14.8 Å². The number of para-hydroxylation sites is 1. The molecule has 2 saturated heterocycles. The first-order valence-corrected chi connectivity index (χ1v) is 14.4. The van der Waals surface area contributed by atoms with Crippen LogP contribution in [0.4, 0.5) is 15.5 Å². The molecule has 1 aromatic heterocycles. The number of urea groups is 1. The van der Waals surface area contributed by atoms with Crippen LogP contribution in [0.2, 0.25) is 0 Å². The van der Waals surface area contributed by atoms with Gasteiger partial charge >= 0.3 is 6.03 Å². The van der Waals surface area contributed by atoms with Gasteiger partial charge in [-0.05, 0) is 43.5 Å². The number of benzene rings is 1. The minimum Gasteiger partial charge on any atom is -0.376 e. The number of nitrogens with one attached hydrogen (secondary N) is 2. The highest BCUT2D eigenvalue weighted by atomic mass is 32.2. The number of carbonyl (C=O) groups is 2. The molecule has 0 saturated carbocycles. The lowest BCUT2D eigenvalue weighted by Crippen LogP contribution is -2.40. The van der Waals surface area contributed by atoms with Crippen molar-refractivity contribution >= 4 is 44.0 Å². The number of hydrogen-bond donors (Lipinski definition) is 2. The van der Waals surface area contributed by atoms with E-state index in [4.69, 9.17) is 0 Å². The average molecular weight is 520 g/mol. The highest BCUT2D eigenvalue weighted by molar-refractivity contribution is 7.91. The summed E-state index contributed by atoms with van der Waals surface area (Å²) in [5.41, 5.74) is 0.893. The maximum atomic E-state index is 13.0. The Morgan fingerprint density at radius 3 is 2.23 bits per heavy atom. The van der Waals surface area contributed by atoms with E-state index in [-0.39, 0.29) is 22.7 Å². The van der Waals surface area contributed by atoms with Crippen LogP contribution >= 0.6 is 11.3 Å². The first-order valence-electron chi connectivity index (χ1n) is 12.2. The van der Waals surface area contributed by atoms with Gasteiger partial charge in [0.2, 0.25) is 5.91 Å². The van der Waals surface area contributed by atoms with Crippen LogP contribution < -0.4 is 10.6 Å². The summed E-state index contributed by atoms with van der Waals surface area (Å²) in [6.07, 6.45) is 4.56. The van der Waals surface area contributed by atoms with E-state index < -0.39 is 10.0 Å². The Balaban J connectivity index is 1.29. The van der Waals surface area contributed by atoms with Crippen molar-refractivity contribution in [2.75, 3.05) is 56.4 Å². The van der Waals surface area contributed by atoms with Gasteiger partial charge in [-0.2, -0.15) is 4.31 Å². The van der Waals surface area contributed by atoms with Gasteiger partial charge < -0.3 is 15.1 Å². The molecule has 3 amide bonds. The number of nitrogens with zero attached hydrogens (tertiary/aromatic N) is 3. The second-order valence-electron chi connectivity index (χ2n) is 8.81. The van der Waals surface area contributed by atoms with Crippen molar-refractivity contribution in [3.63, 3.8) is 0 Å². The quantitative estimate of drug-likeness (QED) is 0.608. The standard InChI is InChI=1S/C24H33N5O4S2/c30-22(19-25-20-9-4-3-5-10-20)27-13-8-14-28(18-17-27)24(31)26-21-11-12-23(34-21)35(32,33)29-15-6-1-2-7-16-29/h3-5,9-12,25H,1-2,6-8,13-19H2,(H,26,31). The van der Waals surface area contributed by atoms with Crippen LogP contribution in [0, 0.1) is 0 Å². The molecule has 2 aliphatic rings. The zero-order chi connectivity index (χ0) is 24.7. The molecule has 0 bridgehead atoms. The Morgan fingerprint density at radius 1 is 0.800 bits per heavy atom. The van der Waals surface area contributed by atoms with Crippen LogP contribution in [0.5, 0.6) is 0 Å². The van der Waals surface area contributed by atoms with Crippen LogP contribution in [0.1, 0.15) is 32.1 Å². The average Bonchev–Trinajstić information content (AvgIpc) is 3.05. The van der Waals surface area contributed by atoms with E-state index in [2.05, 4.69) is 10.6 Å². The Morgan fingerprint density at radius 2 is 1.49 bits per heavy atom. The molecule has 2 N–H and O–H groups in total. The molecule has 0 radical (unpaired) electrons. The molecule has 11 heteroatoms. The monoisotopic (exact) mass is 519 g/mol. The second-order valence-corrected chi connectivity index (χ2v) is 12.1. The van der Waals surface area contributed by atoms with Crippen molar-refractivity contribution in [2.45, 2.75) is 36.3 Å². The number of rotatable bonds is 6. The van der Waals surface area contributed by atoms with Gasteiger partial charge in [-0.15, -0.1) is 11.3 Å². The van der Waals surface area contributed by atoms with E-state index in [1.54, 1.807) is 26.2 Å². The van der Waals surface area contributed by atoms with Crippen LogP contribution in [0.25, 0.3) is 0 Å². The smallest absolute Gasteiger partial charge is 0.322 e. The zero-order valence-corrected chi connectivity index (χ0v) is 21.5. The largest absolute Gasteiger partial charge is 0.376 e. The topological polar surface area (TPSA) is 102 Å². The van der Waals surface area contributed by atoms with Gasteiger partial charge in [-0.1, -0.05) is 31.0 Å². The maximum absolute atomic E-state index is 13.0. The number of amides is 3. The molecule has 0 spiro atoms. The summed E-state index contributed by atoms with van der Waals surface area (Å²) in [7, 11) is -3.54. The van der Waals surface area contributed by atoms with Gasteiger partial charge in [0.25, 0.3) is 10.0 Å². The Hall–Kier alpha value is -2.63. The lowest BCUT2D eigenvalue weighted by molar-refractivity contribution is -0.129. The molecule has 0 unspecified atom stereocenters. The molecule has 2 aliphatic heterocycles. The Kier molecular flexibility index (Phi) is 8.64. The summed E-state index contributed by atoms with van der Waals surface area (Å²) < 4.78 is 27.8. The molecule has 1 aromatic carbocycles. The summed E-state index contributed by atoms with van der Waals surface area (Å²) in [6.45, 7) is 3.31. The van der Waals surface area contributed by atoms with Crippen molar-refractivity contribution in [3.8, 4) is 0 Å². The highest BCUT2D eigenvalue weighted by Gasteiger charge is 2.27. The normalized spacial score (nSPS) is 17.9. The number of hydrogen-bond acceptors (Lipinski definition) is 6. The lowest BCUT2D eigenvalue weighted by atomic mass is 10.2. The number of carbonyl (C=O) groups excluding carboxylic acids is 2. The van der Waals surface area contributed by atoms with E-state index >= 15 is 0 Å². The van der Waals surface area contributed by atoms with E-state index in [0.717, 1.165) is 42.7 Å². The Bertz CT molecular complexity index is 1100. The van der Waals surface area contributed by atoms with Crippen LogP contribution in [-0.4, -0.2) is 80.3 Å². The SMILES string of the molecule is O=C(CNc1ccccc1)N1CCCN(C(=O)Nc2ccc(S(=O)(=O)N3CCCCCC3)s2)CC1. The van der Waals surface area contributed by atoms with Crippen LogP contribution in [0.3, 0.4) is 0 Å². The van der Waals surface area contributed by atoms with Crippen molar-refractivity contribution in [3.05, 3.63) is 42.5 Å². The highest BCUT2D eigenvalue weighted by Crippen LogP contribution is 2.30. The molecule has 190 valence electrons. The number of anilines is 2. The summed E-state index contributed by atoms with van der Waals surface area (Å²) in [5, 5.41) is 6.49. The van der Waals surface area contributed by atoms with Gasteiger partial charge in [-0.3, -0.25) is 10.1 Å². The fraction of sp³-hybridized carbons (Fsp3) is 0.500. The summed E-state index contributed by atoms with van der Waals surface area (Å²) in [4.78, 5) is 28.9. The van der Waals surface area contributed by atoms with Crippen molar-refractivity contribution in [1.29, 1.82) is 0 Å². The molecule has 35 heavy (non-hydrogen) atoms. The number of thiophene rings is 1. The van der Waals surface area contributed by atoms with Crippen molar-refractivity contribution in [1.82, 2.24) is 14.1 Å². The third kappa shape index (κ3) is 6.74. The van der Waals surface area contributed by atoms with E-state index in [9.17, 15) is 18.0 Å². The lowest BCUT2D eigenvalue weighted by Gasteiger charge is -2.22. The van der Waals surface area contributed by atoms with Crippen molar-refractivity contribution < 1.29 is 18.0 Å². The van der Waals surface area contributed by atoms with E-state index in [0.29, 0.717) is 50.7 Å². The predicted molar refractivity (Wildman–Crippen MR) is 138 cm³/mol. The molecule has 3 heterocycles. The van der Waals surface area contributed by atoms with Gasteiger partial charge in [0.15, 0.2) is 0 Å². The van der Waals surface area contributed by atoms with Gasteiger partial charge in [0, 0.05) is 45.0 Å². The fourth-order valence-electron chi connectivity index (χ4n) is 4.34. The Labute approximate surface area is 211 Å². The van der Waals surface area contributed by atoms with Gasteiger partial charge in [0.1, 0.15) is 4.21 Å². The first-order chi connectivity index (χ1) is 16.9. The molecule has 4 rings (SSSR count). The molecule has 2 aromatic rings. The molecular weight excluding hydrogens is 486 g/mol. The minimum absolute atomic E-state index is 0.00210. The third-order valence-corrected chi connectivity index (χ3v) is 9.69.